The smallest absolute Gasteiger partial charge is 0.261 e. The molecule has 1 N–H and O–H groups in total. The van der Waals surface area contributed by atoms with Crippen LogP contribution < -0.4 is 15.7 Å². The molecule has 0 saturated heterocycles. The fraction of sp³-hybridized carbons (Fsp3) is 0.419. The number of aromatic nitrogens is 4. The molecule has 1 amide bonds. The Bertz CT molecular complexity index is 1520. The number of rotatable bonds is 8. The quantitative estimate of drug-likeness (QED) is 0.188. The standard InChI is InChI=1S/C31H36ClF2N5O2Si/c1-20(2)28(40)38-29-36-26(32)25-27(37-29)39(19-35-25)22-16-21(31(33,34)17-22)18-41-42(30(3,4)5,23-12-8-6-9-13-23)24-14-10-7-11-15-24/h6-15,19-22H,16-18H2,1-5H3,(H,36,37,38,40)/t21-,22-/m0/s1. The number of carbonyl (C=O) groups excluding carboxylic acids is 1. The number of nitrogens with one attached hydrogen (secondary N) is 1. The Morgan fingerprint density at radius 2 is 1.69 bits per heavy atom. The summed E-state index contributed by atoms with van der Waals surface area (Å²) in [5.74, 6) is -4.54. The third kappa shape index (κ3) is 5.59. The molecule has 0 spiro atoms. The summed E-state index contributed by atoms with van der Waals surface area (Å²) in [4.78, 5) is 25.1. The van der Waals surface area contributed by atoms with Crippen LogP contribution in [0.4, 0.5) is 14.7 Å². The zero-order chi connectivity index (χ0) is 30.3. The maximum Gasteiger partial charge on any atom is 0.261 e. The topological polar surface area (TPSA) is 81.9 Å². The molecule has 5 rings (SSSR count). The van der Waals surface area contributed by atoms with Crippen molar-refractivity contribution in [1.29, 1.82) is 0 Å². The number of alkyl halides is 2. The van der Waals surface area contributed by atoms with Crippen molar-refractivity contribution in [1.82, 2.24) is 19.5 Å². The molecule has 1 fully saturated rings. The highest BCUT2D eigenvalue weighted by Gasteiger charge is 2.54. The van der Waals surface area contributed by atoms with Gasteiger partial charge in [0, 0.05) is 30.9 Å². The Morgan fingerprint density at radius 3 is 2.24 bits per heavy atom. The molecule has 1 aliphatic carbocycles. The highest BCUT2D eigenvalue weighted by molar-refractivity contribution is 6.99. The molecule has 2 aromatic heterocycles. The van der Waals surface area contributed by atoms with Crippen LogP contribution in [-0.4, -0.2) is 46.3 Å². The molecule has 42 heavy (non-hydrogen) atoms. The first-order valence-electron chi connectivity index (χ1n) is 14.2. The molecule has 1 aliphatic rings. The van der Waals surface area contributed by atoms with Crippen molar-refractivity contribution in [3.8, 4) is 0 Å². The molecule has 0 unspecified atom stereocenters. The van der Waals surface area contributed by atoms with Gasteiger partial charge in [-0.05, 0) is 21.8 Å². The molecule has 2 atom stereocenters. The second kappa shape index (κ2) is 11.5. The van der Waals surface area contributed by atoms with E-state index in [9.17, 15) is 4.79 Å². The highest BCUT2D eigenvalue weighted by Crippen LogP contribution is 2.48. The molecular formula is C31H36ClF2N5O2Si. The average molecular weight is 612 g/mol. The molecule has 1 saturated carbocycles. The van der Waals surface area contributed by atoms with Gasteiger partial charge in [0.2, 0.25) is 11.9 Å². The van der Waals surface area contributed by atoms with E-state index in [1.54, 1.807) is 18.4 Å². The lowest BCUT2D eigenvalue weighted by atomic mass is 10.1. The van der Waals surface area contributed by atoms with Gasteiger partial charge >= 0.3 is 0 Å². The largest absolute Gasteiger partial charge is 0.407 e. The summed E-state index contributed by atoms with van der Waals surface area (Å²) >= 11 is 6.35. The summed E-state index contributed by atoms with van der Waals surface area (Å²) in [6, 6.07) is 19.4. The minimum absolute atomic E-state index is 0.0178. The monoisotopic (exact) mass is 611 g/mol. The van der Waals surface area contributed by atoms with Crippen molar-refractivity contribution in [3.05, 3.63) is 72.1 Å². The third-order valence-corrected chi connectivity index (χ3v) is 13.4. The number of nitrogens with zero attached hydrogens (tertiary/aromatic N) is 4. The van der Waals surface area contributed by atoms with Gasteiger partial charge in [-0.3, -0.25) is 10.1 Å². The zero-order valence-electron chi connectivity index (χ0n) is 24.4. The predicted octanol–water partition coefficient (Wildman–Crippen LogP) is 6.24. The van der Waals surface area contributed by atoms with Crippen LogP contribution in [0.3, 0.4) is 0 Å². The average Bonchev–Trinajstić information content (AvgIpc) is 3.49. The van der Waals surface area contributed by atoms with Crippen molar-refractivity contribution in [2.45, 2.75) is 64.5 Å². The SMILES string of the molecule is CC(C)C(=O)Nc1nc(Cl)c2ncn([C@H]3C[C@@H](CO[Si](c4ccccc4)(c4ccccc4)C(C)(C)C)C(F)(F)C3)c2n1. The van der Waals surface area contributed by atoms with Crippen molar-refractivity contribution < 1.29 is 18.0 Å². The second-order valence-corrected chi connectivity index (χ2v) is 17.0. The Kier molecular flexibility index (Phi) is 8.26. The van der Waals surface area contributed by atoms with Gasteiger partial charge in [-0.25, -0.2) is 13.8 Å². The van der Waals surface area contributed by atoms with Gasteiger partial charge in [-0.2, -0.15) is 9.97 Å². The maximum absolute atomic E-state index is 15.7. The van der Waals surface area contributed by atoms with Crippen LogP contribution in [0.5, 0.6) is 0 Å². The lowest BCUT2D eigenvalue weighted by Crippen LogP contribution is -2.67. The van der Waals surface area contributed by atoms with Gasteiger partial charge in [-0.1, -0.05) is 107 Å². The lowest BCUT2D eigenvalue weighted by molar-refractivity contribution is -0.118. The summed E-state index contributed by atoms with van der Waals surface area (Å²) in [6.07, 6.45) is 1.26. The number of amides is 1. The lowest BCUT2D eigenvalue weighted by Gasteiger charge is -2.43. The van der Waals surface area contributed by atoms with Gasteiger partial charge < -0.3 is 8.99 Å². The number of benzene rings is 2. The number of hydrogen-bond acceptors (Lipinski definition) is 5. The van der Waals surface area contributed by atoms with E-state index < -0.39 is 26.2 Å². The minimum atomic E-state index is -2.98. The van der Waals surface area contributed by atoms with Gasteiger partial charge in [0.05, 0.1) is 6.33 Å². The van der Waals surface area contributed by atoms with E-state index in [4.69, 9.17) is 16.0 Å². The first-order valence-corrected chi connectivity index (χ1v) is 16.5. The summed E-state index contributed by atoms with van der Waals surface area (Å²) in [5.41, 5.74) is 0.609. The van der Waals surface area contributed by atoms with Crippen LogP contribution in [0.25, 0.3) is 11.2 Å². The number of halogens is 3. The number of hydrogen-bond donors (Lipinski definition) is 1. The predicted molar refractivity (Wildman–Crippen MR) is 164 cm³/mol. The summed E-state index contributed by atoms with van der Waals surface area (Å²) < 4.78 is 40.0. The minimum Gasteiger partial charge on any atom is -0.407 e. The maximum atomic E-state index is 15.7. The molecule has 7 nitrogen and oxygen atoms in total. The summed E-state index contributed by atoms with van der Waals surface area (Å²) in [7, 11) is -2.98. The van der Waals surface area contributed by atoms with Gasteiger partial charge in [0.15, 0.2) is 10.8 Å². The van der Waals surface area contributed by atoms with Crippen LogP contribution >= 0.6 is 11.6 Å². The first-order chi connectivity index (χ1) is 19.8. The summed E-state index contributed by atoms with van der Waals surface area (Å²) in [6.45, 7) is 9.79. The summed E-state index contributed by atoms with van der Waals surface area (Å²) in [5, 5.41) is 4.46. The Balaban J connectivity index is 1.46. The molecule has 11 heteroatoms. The fourth-order valence-electron chi connectivity index (χ4n) is 5.91. The van der Waals surface area contributed by atoms with Crippen molar-refractivity contribution >= 4 is 53.3 Å². The van der Waals surface area contributed by atoms with Crippen LogP contribution in [0.2, 0.25) is 10.2 Å². The Morgan fingerprint density at radius 1 is 1.10 bits per heavy atom. The molecular weight excluding hydrogens is 576 g/mol. The van der Waals surface area contributed by atoms with Crippen LogP contribution in [0, 0.1) is 11.8 Å². The van der Waals surface area contributed by atoms with Gasteiger partial charge in [0.25, 0.3) is 14.2 Å². The van der Waals surface area contributed by atoms with E-state index in [2.05, 4.69) is 65.3 Å². The fourth-order valence-corrected chi connectivity index (χ4v) is 10.7. The normalized spacial score (nSPS) is 19.0. The number of fused-ring (bicyclic) bond motifs is 1. The molecule has 0 aliphatic heterocycles. The van der Waals surface area contributed by atoms with Gasteiger partial charge in [0.1, 0.15) is 5.52 Å². The van der Waals surface area contributed by atoms with E-state index in [1.165, 1.54) is 6.33 Å². The molecule has 2 aromatic carbocycles. The number of imidazole rings is 1. The number of carbonyl (C=O) groups is 1. The van der Waals surface area contributed by atoms with Crippen molar-refractivity contribution in [2.75, 3.05) is 11.9 Å². The van der Waals surface area contributed by atoms with Crippen LogP contribution in [0.15, 0.2) is 67.0 Å². The van der Waals surface area contributed by atoms with E-state index >= 15 is 8.78 Å². The molecule has 222 valence electrons. The molecule has 0 bridgehead atoms. The number of anilines is 1. The van der Waals surface area contributed by atoms with Crippen molar-refractivity contribution in [3.63, 3.8) is 0 Å². The molecule has 4 aromatic rings. The zero-order valence-corrected chi connectivity index (χ0v) is 26.2. The van der Waals surface area contributed by atoms with E-state index in [0.717, 1.165) is 10.4 Å². The van der Waals surface area contributed by atoms with E-state index in [0.29, 0.717) is 11.2 Å². The van der Waals surface area contributed by atoms with Gasteiger partial charge in [-0.15, -0.1) is 0 Å². The van der Waals surface area contributed by atoms with Crippen LogP contribution in [-0.2, 0) is 9.22 Å². The van der Waals surface area contributed by atoms with Crippen LogP contribution in [0.1, 0.15) is 53.5 Å². The van der Waals surface area contributed by atoms with E-state index in [1.807, 2.05) is 36.4 Å². The van der Waals surface area contributed by atoms with E-state index in [-0.39, 0.29) is 47.4 Å². The third-order valence-electron chi connectivity index (χ3n) is 8.11. The second-order valence-electron chi connectivity index (χ2n) is 12.3. The Hall–Kier alpha value is -3.21. The first kappa shape index (κ1) is 30.3. The van der Waals surface area contributed by atoms with Crippen molar-refractivity contribution in [2.24, 2.45) is 11.8 Å². The Labute approximate surface area is 250 Å². The highest BCUT2D eigenvalue weighted by atomic mass is 35.5. The molecule has 2 heterocycles. The molecule has 0 radical (unpaired) electrons.